The van der Waals surface area contributed by atoms with Crippen LogP contribution in [0.5, 0.6) is 0 Å². The second kappa shape index (κ2) is 7.26. The van der Waals surface area contributed by atoms with Gasteiger partial charge in [-0.25, -0.2) is 0 Å². The topological polar surface area (TPSA) is 80.0 Å². The van der Waals surface area contributed by atoms with Crippen molar-refractivity contribution in [2.75, 3.05) is 10.6 Å². The summed E-state index contributed by atoms with van der Waals surface area (Å²) >= 11 is 0. The fourth-order valence-electron chi connectivity index (χ4n) is 2.08. The zero-order valence-corrected chi connectivity index (χ0v) is 13.2. The number of carbonyl (C=O) groups excluding carboxylic acids is 1. The van der Waals surface area contributed by atoms with E-state index in [1.807, 2.05) is 0 Å². The number of nitrogens with one attached hydrogen (secondary N) is 2. The van der Waals surface area contributed by atoms with Crippen LogP contribution in [0.3, 0.4) is 0 Å². The molecule has 0 radical (unpaired) electrons. The molecule has 0 spiro atoms. The number of aromatic nitrogens is 2. The van der Waals surface area contributed by atoms with Crippen LogP contribution in [-0.2, 0) is 12.7 Å². The Labute approximate surface area is 146 Å². The Kier molecular flexibility index (Phi) is 4.87. The van der Waals surface area contributed by atoms with Gasteiger partial charge >= 0.3 is 6.18 Å². The second-order valence-corrected chi connectivity index (χ2v) is 5.28. The minimum Gasteiger partial charge on any atom is -0.459 e. The lowest BCUT2D eigenvalue weighted by Crippen LogP contribution is -2.11. The number of furan rings is 1. The molecule has 0 aliphatic carbocycles. The van der Waals surface area contributed by atoms with Crippen molar-refractivity contribution in [3.05, 3.63) is 71.8 Å². The molecule has 1 amide bonds. The van der Waals surface area contributed by atoms with Crippen LogP contribution >= 0.6 is 0 Å². The van der Waals surface area contributed by atoms with Crippen LogP contribution in [-0.4, -0.2) is 16.1 Å². The summed E-state index contributed by atoms with van der Waals surface area (Å²) in [7, 11) is 0. The molecule has 1 aromatic carbocycles. The molecule has 0 unspecified atom stereocenters. The minimum atomic E-state index is -4.51. The molecule has 9 heteroatoms. The molecule has 2 aromatic heterocycles. The number of carbonyl (C=O) groups is 1. The van der Waals surface area contributed by atoms with Crippen molar-refractivity contribution in [2.45, 2.75) is 12.7 Å². The Morgan fingerprint density at radius 3 is 2.38 bits per heavy atom. The summed E-state index contributed by atoms with van der Waals surface area (Å²) in [4.78, 5) is 11.9. The standard InChI is InChI=1S/C17H13F3N4O2/c18-17(19,20)14-7-8-15(24-23-14)21-10-11-3-5-12(6-4-11)22-16(25)13-2-1-9-26-13/h1-9H,10H2,(H,21,24)(H,22,25). The Morgan fingerprint density at radius 2 is 1.81 bits per heavy atom. The molecule has 0 atom stereocenters. The van der Waals surface area contributed by atoms with Crippen LogP contribution in [0.25, 0.3) is 0 Å². The van der Waals surface area contributed by atoms with E-state index in [9.17, 15) is 18.0 Å². The van der Waals surface area contributed by atoms with Gasteiger partial charge in [-0.15, -0.1) is 10.2 Å². The molecule has 134 valence electrons. The Morgan fingerprint density at radius 1 is 1.04 bits per heavy atom. The van der Waals surface area contributed by atoms with Gasteiger partial charge in [0.15, 0.2) is 11.5 Å². The lowest BCUT2D eigenvalue weighted by molar-refractivity contribution is -0.141. The summed E-state index contributed by atoms with van der Waals surface area (Å²) in [5, 5.41) is 12.2. The minimum absolute atomic E-state index is 0.205. The Balaban J connectivity index is 1.55. The fraction of sp³-hybridized carbons (Fsp3) is 0.118. The van der Waals surface area contributed by atoms with Crippen LogP contribution < -0.4 is 10.6 Å². The van der Waals surface area contributed by atoms with E-state index in [1.54, 1.807) is 36.4 Å². The number of alkyl halides is 3. The zero-order chi connectivity index (χ0) is 18.6. The highest BCUT2D eigenvalue weighted by molar-refractivity contribution is 6.02. The van der Waals surface area contributed by atoms with Gasteiger partial charge in [0.1, 0.15) is 5.82 Å². The SMILES string of the molecule is O=C(Nc1ccc(CNc2ccc(C(F)(F)F)nn2)cc1)c1ccco1. The molecule has 0 aliphatic rings. The van der Waals surface area contributed by atoms with Crippen molar-refractivity contribution in [1.82, 2.24) is 10.2 Å². The van der Waals surface area contributed by atoms with Gasteiger partial charge in [0, 0.05) is 12.2 Å². The van der Waals surface area contributed by atoms with Crippen molar-refractivity contribution in [2.24, 2.45) is 0 Å². The van der Waals surface area contributed by atoms with Crippen molar-refractivity contribution < 1.29 is 22.4 Å². The normalized spacial score (nSPS) is 11.2. The summed E-state index contributed by atoms with van der Waals surface area (Å²) in [5.41, 5.74) is 0.395. The van der Waals surface area contributed by atoms with E-state index in [-0.39, 0.29) is 17.5 Å². The van der Waals surface area contributed by atoms with Gasteiger partial charge in [0.05, 0.1) is 6.26 Å². The van der Waals surface area contributed by atoms with Crippen molar-refractivity contribution in [3.8, 4) is 0 Å². The highest BCUT2D eigenvalue weighted by atomic mass is 19.4. The largest absolute Gasteiger partial charge is 0.459 e. The highest BCUT2D eigenvalue weighted by Gasteiger charge is 2.32. The van der Waals surface area contributed by atoms with Gasteiger partial charge in [0.25, 0.3) is 5.91 Å². The fourth-order valence-corrected chi connectivity index (χ4v) is 2.08. The number of rotatable bonds is 5. The van der Waals surface area contributed by atoms with E-state index in [1.165, 1.54) is 12.3 Å². The molecule has 26 heavy (non-hydrogen) atoms. The first-order chi connectivity index (χ1) is 12.4. The molecule has 0 saturated carbocycles. The molecule has 3 rings (SSSR count). The summed E-state index contributed by atoms with van der Waals surface area (Å²) in [6.45, 7) is 0.340. The maximum absolute atomic E-state index is 12.4. The number of anilines is 2. The number of amides is 1. The molecule has 3 aromatic rings. The number of hydrogen-bond donors (Lipinski definition) is 2. The van der Waals surface area contributed by atoms with Crippen LogP contribution in [0.4, 0.5) is 24.7 Å². The van der Waals surface area contributed by atoms with E-state index in [4.69, 9.17) is 4.42 Å². The van der Waals surface area contributed by atoms with Crippen LogP contribution in [0.2, 0.25) is 0 Å². The van der Waals surface area contributed by atoms with E-state index in [2.05, 4.69) is 20.8 Å². The lowest BCUT2D eigenvalue weighted by Gasteiger charge is -2.08. The van der Waals surface area contributed by atoms with Gasteiger partial charge in [0.2, 0.25) is 0 Å². The Hall–Kier alpha value is -3.36. The van der Waals surface area contributed by atoms with Gasteiger partial charge in [-0.3, -0.25) is 4.79 Å². The second-order valence-electron chi connectivity index (χ2n) is 5.28. The first kappa shape index (κ1) is 17.5. The predicted octanol–water partition coefficient (Wildman–Crippen LogP) is 3.95. The van der Waals surface area contributed by atoms with Crippen molar-refractivity contribution >= 4 is 17.4 Å². The van der Waals surface area contributed by atoms with E-state index in [0.29, 0.717) is 12.2 Å². The van der Waals surface area contributed by atoms with Gasteiger partial charge in [-0.1, -0.05) is 12.1 Å². The van der Waals surface area contributed by atoms with Gasteiger partial charge < -0.3 is 15.1 Å². The lowest BCUT2D eigenvalue weighted by atomic mass is 10.2. The number of benzene rings is 1. The van der Waals surface area contributed by atoms with Crippen molar-refractivity contribution in [3.63, 3.8) is 0 Å². The molecule has 0 saturated heterocycles. The molecular weight excluding hydrogens is 349 g/mol. The molecule has 0 fully saturated rings. The molecule has 6 nitrogen and oxygen atoms in total. The highest BCUT2D eigenvalue weighted by Crippen LogP contribution is 2.27. The van der Waals surface area contributed by atoms with E-state index < -0.39 is 11.9 Å². The van der Waals surface area contributed by atoms with Crippen LogP contribution in [0.15, 0.2) is 59.2 Å². The third-order valence-corrected chi connectivity index (χ3v) is 3.39. The van der Waals surface area contributed by atoms with Gasteiger partial charge in [-0.05, 0) is 42.0 Å². The maximum Gasteiger partial charge on any atom is 0.435 e. The monoisotopic (exact) mass is 362 g/mol. The number of halogens is 3. The third kappa shape index (κ3) is 4.38. The molecule has 2 N–H and O–H groups in total. The zero-order valence-electron chi connectivity index (χ0n) is 13.2. The average molecular weight is 362 g/mol. The molecule has 0 bridgehead atoms. The summed E-state index contributed by atoms with van der Waals surface area (Å²) < 4.78 is 42.3. The van der Waals surface area contributed by atoms with Crippen LogP contribution in [0.1, 0.15) is 21.8 Å². The summed E-state index contributed by atoms with van der Waals surface area (Å²) in [6, 6.07) is 12.2. The maximum atomic E-state index is 12.4. The van der Waals surface area contributed by atoms with Crippen LogP contribution in [0, 0.1) is 0 Å². The summed E-state index contributed by atoms with van der Waals surface area (Å²) in [5.74, 6) is 0.0747. The van der Waals surface area contributed by atoms with E-state index >= 15 is 0 Å². The van der Waals surface area contributed by atoms with Gasteiger partial charge in [-0.2, -0.15) is 13.2 Å². The quantitative estimate of drug-likeness (QED) is 0.718. The third-order valence-electron chi connectivity index (χ3n) is 3.39. The predicted molar refractivity (Wildman–Crippen MR) is 87.5 cm³/mol. The molecule has 2 heterocycles. The van der Waals surface area contributed by atoms with Crippen molar-refractivity contribution in [1.29, 1.82) is 0 Å². The van der Waals surface area contributed by atoms with E-state index in [0.717, 1.165) is 11.6 Å². The Bertz CT molecular complexity index is 861. The average Bonchev–Trinajstić information content (AvgIpc) is 3.15. The molecular formula is C17H13F3N4O2. The first-order valence-corrected chi connectivity index (χ1v) is 7.50. The smallest absolute Gasteiger partial charge is 0.435 e. The number of hydrogen-bond acceptors (Lipinski definition) is 5. The molecule has 0 aliphatic heterocycles. The number of nitrogens with zero attached hydrogens (tertiary/aromatic N) is 2. The first-order valence-electron chi connectivity index (χ1n) is 7.50. The summed E-state index contributed by atoms with van der Waals surface area (Å²) in [6.07, 6.45) is -3.10.